The van der Waals surface area contributed by atoms with Crippen molar-refractivity contribution >= 4 is 49.7 Å². The molecule has 1 aliphatic heterocycles. The van der Waals surface area contributed by atoms with E-state index in [9.17, 15) is 14.7 Å². The third-order valence-corrected chi connectivity index (χ3v) is 7.46. The molecule has 0 unspecified atom stereocenters. The molecule has 0 spiro atoms. The number of aliphatic hydroxyl groups excluding tert-OH is 1. The van der Waals surface area contributed by atoms with Crippen LogP contribution in [0.3, 0.4) is 0 Å². The lowest BCUT2D eigenvalue weighted by atomic mass is 9.95. The molecule has 178 valence electrons. The fraction of sp³-hybridized carbons (Fsp3) is 0.192. The highest BCUT2D eigenvalue weighted by Gasteiger charge is 2.46. The van der Waals surface area contributed by atoms with Gasteiger partial charge in [-0.1, -0.05) is 29.5 Å². The van der Waals surface area contributed by atoms with E-state index in [4.69, 9.17) is 9.47 Å². The average Bonchev–Trinajstić information content (AvgIpc) is 3.59. The van der Waals surface area contributed by atoms with Crippen LogP contribution < -0.4 is 14.4 Å². The van der Waals surface area contributed by atoms with Crippen molar-refractivity contribution in [2.45, 2.75) is 19.9 Å². The lowest BCUT2D eigenvalue weighted by Crippen LogP contribution is -2.30. The van der Waals surface area contributed by atoms with Gasteiger partial charge in [0.1, 0.15) is 11.5 Å². The molecule has 0 radical (unpaired) electrons. The van der Waals surface area contributed by atoms with Gasteiger partial charge in [-0.3, -0.25) is 14.5 Å². The van der Waals surface area contributed by atoms with Gasteiger partial charge in [0.15, 0.2) is 10.9 Å². The normalized spacial score (nSPS) is 15.8. The number of carbonyl (C=O) groups is 2. The number of thiophene rings is 1. The van der Waals surface area contributed by atoms with Crippen LogP contribution in [0.2, 0.25) is 0 Å². The van der Waals surface area contributed by atoms with Crippen molar-refractivity contribution < 1.29 is 24.2 Å². The first kappa shape index (κ1) is 23.1. The van der Waals surface area contributed by atoms with Crippen LogP contribution in [0.5, 0.6) is 11.5 Å². The average molecular weight is 507 g/mol. The third kappa shape index (κ3) is 4.17. The van der Waals surface area contributed by atoms with Gasteiger partial charge in [-0.15, -0.1) is 11.3 Å². The van der Waals surface area contributed by atoms with Gasteiger partial charge < -0.3 is 14.6 Å². The number of ether oxygens (including phenoxy) is 2. The predicted molar refractivity (Wildman–Crippen MR) is 137 cm³/mol. The van der Waals surface area contributed by atoms with E-state index < -0.39 is 17.7 Å². The first-order valence-electron chi connectivity index (χ1n) is 11.1. The van der Waals surface area contributed by atoms with Crippen LogP contribution in [-0.2, 0) is 4.79 Å². The molecule has 0 bridgehead atoms. The minimum Gasteiger partial charge on any atom is -0.503 e. The van der Waals surface area contributed by atoms with Crippen LogP contribution >= 0.6 is 22.7 Å². The number of aliphatic hydroxyl groups is 1. The zero-order valence-corrected chi connectivity index (χ0v) is 20.7. The van der Waals surface area contributed by atoms with E-state index in [0.717, 1.165) is 4.70 Å². The second kappa shape index (κ2) is 9.52. The predicted octanol–water partition coefficient (Wildman–Crippen LogP) is 5.94. The summed E-state index contributed by atoms with van der Waals surface area (Å²) in [6.45, 7) is 4.86. The van der Waals surface area contributed by atoms with E-state index in [2.05, 4.69) is 4.98 Å². The number of hydrogen-bond acceptors (Lipinski definition) is 8. The lowest BCUT2D eigenvalue weighted by molar-refractivity contribution is -0.117. The van der Waals surface area contributed by atoms with E-state index in [-0.39, 0.29) is 11.4 Å². The molecule has 35 heavy (non-hydrogen) atoms. The zero-order valence-electron chi connectivity index (χ0n) is 19.1. The second-order valence-corrected chi connectivity index (χ2v) is 9.66. The molecule has 0 aliphatic carbocycles. The molecule has 7 nitrogen and oxygen atoms in total. The van der Waals surface area contributed by atoms with Gasteiger partial charge in [0.25, 0.3) is 5.91 Å². The number of carbonyl (C=O) groups excluding carboxylic acids is 2. The summed E-state index contributed by atoms with van der Waals surface area (Å²) in [7, 11) is 0. The fourth-order valence-electron chi connectivity index (χ4n) is 4.06. The number of aromatic nitrogens is 1. The Morgan fingerprint density at radius 2 is 1.77 bits per heavy atom. The zero-order chi connectivity index (χ0) is 24.5. The Labute approximate surface area is 209 Å². The van der Waals surface area contributed by atoms with Crippen LogP contribution in [0, 0.1) is 0 Å². The molecular formula is C26H22N2O5S2. The van der Waals surface area contributed by atoms with Crippen molar-refractivity contribution in [2.24, 2.45) is 0 Å². The van der Waals surface area contributed by atoms with Crippen LogP contribution in [0.4, 0.5) is 5.13 Å². The maximum absolute atomic E-state index is 13.4. The smallest absolute Gasteiger partial charge is 0.296 e. The Hall–Kier alpha value is -3.69. The van der Waals surface area contributed by atoms with Crippen LogP contribution in [-0.4, -0.2) is 35.0 Å². The number of rotatable bonds is 8. The highest BCUT2D eigenvalue weighted by Crippen LogP contribution is 2.45. The fourth-order valence-corrected chi connectivity index (χ4v) is 5.75. The van der Waals surface area contributed by atoms with Gasteiger partial charge in [-0.2, -0.15) is 0 Å². The number of anilines is 1. The van der Waals surface area contributed by atoms with Gasteiger partial charge in [-0.25, -0.2) is 4.98 Å². The van der Waals surface area contributed by atoms with Crippen molar-refractivity contribution in [3.8, 4) is 11.5 Å². The van der Waals surface area contributed by atoms with Crippen LogP contribution in [0.25, 0.3) is 10.2 Å². The molecule has 9 heteroatoms. The number of fused-ring (bicyclic) bond motifs is 1. The molecule has 5 rings (SSSR count). The number of Topliss-reactive ketones (excluding diaryl/α,β-unsaturated/α-hetero) is 1. The first-order valence-corrected chi connectivity index (χ1v) is 12.8. The van der Waals surface area contributed by atoms with E-state index >= 15 is 0 Å². The molecule has 1 aliphatic rings. The van der Waals surface area contributed by atoms with Crippen molar-refractivity contribution in [1.29, 1.82) is 0 Å². The summed E-state index contributed by atoms with van der Waals surface area (Å²) in [5.74, 6) is -0.216. The van der Waals surface area contributed by atoms with E-state index in [1.807, 2.05) is 32.0 Å². The quantitative estimate of drug-likeness (QED) is 0.298. The van der Waals surface area contributed by atoms with Crippen LogP contribution in [0.15, 0.2) is 71.3 Å². The first-order chi connectivity index (χ1) is 17.0. The number of ketones is 1. The Morgan fingerprint density at radius 3 is 2.46 bits per heavy atom. The second-order valence-electron chi connectivity index (χ2n) is 7.71. The molecule has 0 fully saturated rings. The molecule has 2 aromatic carbocycles. The number of amides is 1. The Bertz CT molecular complexity index is 1420. The maximum Gasteiger partial charge on any atom is 0.296 e. The summed E-state index contributed by atoms with van der Waals surface area (Å²) in [6.07, 6.45) is 0. The number of benzene rings is 2. The van der Waals surface area contributed by atoms with Crippen molar-refractivity contribution in [2.75, 3.05) is 18.1 Å². The molecule has 2 aromatic heterocycles. The van der Waals surface area contributed by atoms with E-state index in [0.29, 0.717) is 45.8 Å². The van der Waals surface area contributed by atoms with Crippen molar-refractivity contribution in [1.82, 2.24) is 4.98 Å². The topological polar surface area (TPSA) is 89.0 Å². The van der Waals surface area contributed by atoms with Crippen molar-refractivity contribution in [3.05, 3.63) is 81.8 Å². The molecule has 0 saturated carbocycles. The minimum absolute atomic E-state index is 0.0378. The Balaban J connectivity index is 1.62. The van der Waals surface area contributed by atoms with Gasteiger partial charge in [0.2, 0.25) is 5.78 Å². The molecular weight excluding hydrogens is 484 g/mol. The number of thiazole rings is 1. The number of nitrogens with zero attached hydrogens (tertiary/aromatic N) is 2. The molecule has 1 amide bonds. The lowest BCUT2D eigenvalue weighted by Gasteiger charge is -2.24. The molecule has 4 aromatic rings. The third-order valence-electron chi connectivity index (χ3n) is 5.57. The summed E-state index contributed by atoms with van der Waals surface area (Å²) < 4.78 is 12.0. The Kier molecular flexibility index (Phi) is 6.27. The number of hydrogen-bond donors (Lipinski definition) is 1. The van der Waals surface area contributed by atoms with Gasteiger partial charge in [0, 0.05) is 0 Å². The van der Waals surface area contributed by atoms with Gasteiger partial charge >= 0.3 is 0 Å². The van der Waals surface area contributed by atoms with Gasteiger partial charge in [-0.05, 0) is 61.2 Å². The van der Waals surface area contributed by atoms with Crippen molar-refractivity contribution in [3.63, 3.8) is 0 Å². The van der Waals surface area contributed by atoms with Gasteiger partial charge in [0.05, 0.1) is 39.9 Å². The summed E-state index contributed by atoms with van der Waals surface area (Å²) in [4.78, 5) is 33.3. The summed E-state index contributed by atoms with van der Waals surface area (Å²) >= 11 is 2.57. The maximum atomic E-state index is 13.4. The van der Waals surface area contributed by atoms with E-state index in [1.54, 1.807) is 41.8 Å². The SMILES string of the molecule is CCOc1ccc([C@H]2C(C(=O)c3cccs3)=C(O)C(=O)N2c2nc3ccc(OCC)cc3s2)cc1. The molecule has 0 saturated heterocycles. The largest absolute Gasteiger partial charge is 0.503 e. The highest BCUT2D eigenvalue weighted by atomic mass is 32.1. The van der Waals surface area contributed by atoms with E-state index in [1.165, 1.54) is 27.6 Å². The summed E-state index contributed by atoms with van der Waals surface area (Å²) in [6, 6.07) is 15.3. The molecule has 1 atom stereocenters. The minimum atomic E-state index is -0.834. The monoisotopic (exact) mass is 506 g/mol. The molecule has 1 N–H and O–H groups in total. The summed E-state index contributed by atoms with van der Waals surface area (Å²) in [5, 5.41) is 13.1. The van der Waals surface area contributed by atoms with Crippen LogP contribution in [0.1, 0.15) is 35.1 Å². The Morgan fingerprint density at radius 1 is 1.06 bits per heavy atom. The summed E-state index contributed by atoms with van der Waals surface area (Å²) in [5.41, 5.74) is 1.40. The standard InChI is InChI=1S/C26H22N2O5S2/c1-3-32-16-9-7-15(8-10-16)22-21(23(29)19-6-5-13-34-19)24(30)25(31)28(22)26-27-18-12-11-17(33-4-2)14-20(18)35-26/h5-14,22,30H,3-4H2,1-2H3/t22-/m0/s1. The molecule has 3 heterocycles. The highest BCUT2D eigenvalue weighted by molar-refractivity contribution is 7.22.